The molecule has 5 nitrogen and oxygen atoms in total. The van der Waals surface area contributed by atoms with Gasteiger partial charge < -0.3 is 14.2 Å². The number of rotatable bonds is 16. The van der Waals surface area contributed by atoms with Gasteiger partial charge in [0.15, 0.2) is 0 Å². The quantitative estimate of drug-likeness (QED) is 0.300. The molecule has 0 saturated heterocycles. The molecular weight excluding hydrogens is 320 g/mol. The van der Waals surface area contributed by atoms with Crippen LogP contribution >= 0.6 is 0 Å². The molecule has 0 saturated carbocycles. The zero-order chi connectivity index (χ0) is 18.9. The summed E-state index contributed by atoms with van der Waals surface area (Å²) in [6.07, 6.45) is 7.44. The van der Waals surface area contributed by atoms with E-state index in [4.69, 9.17) is 14.2 Å². The van der Waals surface area contributed by atoms with Gasteiger partial charge in [0, 0.05) is 0 Å². The van der Waals surface area contributed by atoms with Crippen molar-refractivity contribution in [3.8, 4) is 0 Å². The number of carbonyl (C=O) groups is 2. The van der Waals surface area contributed by atoms with Crippen molar-refractivity contribution in [2.24, 2.45) is 11.8 Å². The van der Waals surface area contributed by atoms with Crippen LogP contribution in [0.1, 0.15) is 79.1 Å². The van der Waals surface area contributed by atoms with Crippen LogP contribution in [0.3, 0.4) is 0 Å². The van der Waals surface area contributed by atoms with E-state index in [9.17, 15) is 9.59 Å². The van der Waals surface area contributed by atoms with E-state index in [-0.39, 0.29) is 37.0 Å². The summed E-state index contributed by atoms with van der Waals surface area (Å²) in [6, 6.07) is 0. The Balaban J connectivity index is 3.78. The SMILES string of the molecule is CCCC(CCC)C(=O)OCCOCCOC(=O)C(CCC)CCC. The van der Waals surface area contributed by atoms with Crippen LogP contribution in [-0.2, 0) is 23.8 Å². The van der Waals surface area contributed by atoms with Crippen LogP contribution in [0.15, 0.2) is 0 Å². The Hall–Kier alpha value is -1.10. The molecule has 0 aliphatic rings. The Morgan fingerprint density at radius 1 is 0.600 bits per heavy atom. The van der Waals surface area contributed by atoms with Crippen molar-refractivity contribution in [1.29, 1.82) is 0 Å². The second-order valence-electron chi connectivity index (χ2n) is 6.50. The van der Waals surface area contributed by atoms with Crippen LogP contribution in [-0.4, -0.2) is 38.4 Å². The van der Waals surface area contributed by atoms with Gasteiger partial charge >= 0.3 is 11.9 Å². The molecule has 0 N–H and O–H groups in total. The van der Waals surface area contributed by atoms with E-state index in [1.54, 1.807) is 0 Å². The fourth-order valence-corrected chi connectivity index (χ4v) is 2.89. The summed E-state index contributed by atoms with van der Waals surface area (Å²) in [5, 5.41) is 0. The summed E-state index contributed by atoms with van der Waals surface area (Å²) in [6.45, 7) is 9.48. The van der Waals surface area contributed by atoms with Crippen LogP contribution in [0.5, 0.6) is 0 Å². The van der Waals surface area contributed by atoms with Gasteiger partial charge in [0.05, 0.1) is 25.0 Å². The lowest BCUT2D eigenvalue weighted by atomic mass is 9.99. The zero-order valence-electron chi connectivity index (χ0n) is 16.7. The molecule has 0 fully saturated rings. The number of hydrogen-bond donors (Lipinski definition) is 0. The van der Waals surface area contributed by atoms with Crippen LogP contribution in [0.25, 0.3) is 0 Å². The molecule has 0 bridgehead atoms. The summed E-state index contributed by atoms with van der Waals surface area (Å²) in [7, 11) is 0. The van der Waals surface area contributed by atoms with E-state index in [1.807, 2.05) is 0 Å². The van der Waals surface area contributed by atoms with Crippen molar-refractivity contribution in [3.05, 3.63) is 0 Å². The maximum Gasteiger partial charge on any atom is 0.309 e. The average Bonchev–Trinajstić information content (AvgIpc) is 2.60. The molecule has 0 atom stereocenters. The average molecular weight is 359 g/mol. The Labute approximate surface area is 153 Å². The molecule has 5 heteroatoms. The maximum atomic E-state index is 12.0. The van der Waals surface area contributed by atoms with E-state index < -0.39 is 0 Å². The fraction of sp³-hybridized carbons (Fsp3) is 0.900. The first-order valence-corrected chi connectivity index (χ1v) is 10.0. The summed E-state index contributed by atoms with van der Waals surface area (Å²) in [5.74, 6) is -0.239. The summed E-state index contributed by atoms with van der Waals surface area (Å²) >= 11 is 0. The highest BCUT2D eigenvalue weighted by Crippen LogP contribution is 2.16. The fourth-order valence-electron chi connectivity index (χ4n) is 2.89. The third-order valence-electron chi connectivity index (χ3n) is 4.16. The van der Waals surface area contributed by atoms with Crippen LogP contribution in [0.2, 0.25) is 0 Å². The monoisotopic (exact) mass is 358 g/mol. The molecule has 0 spiro atoms. The van der Waals surface area contributed by atoms with Crippen LogP contribution in [0.4, 0.5) is 0 Å². The van der Waals surface area contributed by atoms with E-state index >= 15 is 0 Å². The minimum Gasteiger partial charge on any atom is -0.463 e. The second-order valence-corrected chi connectivity index (χ2v) is 6.50. The molecule has 0 amide bonds. The molecule has 25 heavy (non-hydrogen) atoms. The van der Waals surface area contributed by atoms with Gasteiger partial charge in [-0.2, -0.15) is 0 Å². The minimum absolute atomic E-state index is 0.00465. The Morgan fingerprint density at radius 3 is 1.20 bits per heavy atom. The molecule has 0 radical (unpaired) electrons. The number of ether oxygens (including phenoxy) is 3. The van der Waals surface area contributed by atoms with Crippen molar-refractivity contribution in [3.63, 3.8) is 0 Å². The van der Waals surface area contributed by atoms with Crippen molar-refractivity contribution >= 4 is 11.9 Å². The van der Waals surface area contributed by atoms with Gasteiger partial charge in [-0.25, -0.2) is 0 Å². The predicted octanol–water partition coefficient (Wildman–Crippen LogP) is 4.52. The van der Waals surface area contributed by atoms with Crippen molar-refractivity contribution in [2.45, 2.75) is 79.1 Å². The lowest BCUT2D eigenvalue weighted by Crippen LogP contribution is -2.22. The van der Waals surface area contributed by atoms with Crippen molar-refractivity contribution in [1.82, 2.24) is 0 Å². The Bertz CT molecular complexity index is 299. The van der Waals surface area contributed by atoms with E-state index in [0.29, 0.717) is 13.2 Å². The molecule has 148 valence electrons. The highest BCUT2D eigenvalue weighted by Gasteiger charge is 2.18. The molecule has 0 aromatic heterocycles. The second kappa shape index (κ2) is 16.4. The zero-order valence-corrected chi connectivity index (χ0v) is 16.7. The molecule has 0 aromatic rings. The van der Waals surface area contributed by atoms with Gasteiger partial charge in [0.25, 0.3) is 0 Å². The van der Waals surface area contributed by atoms with Gasteiger partial charge in [0.1, 0.15) is 13.2 Å². The van der Waals surface area contributed by atoms with Crippen molar-refractivity contribution in [2.75, 3.05) is 26.4 Å². The molecular formula is C20H38O5. The number of carbonyl (C=O) groups excluding carboxylic acids is 2. The third kappa shape index (κ3) is 12.0. The van der Waals surface area contributed by atoms with Gasteiger partial charge in [-0.1, -0.05) is 53.4 Å². The van der Waals surface area contributed by atoms with Gasteiger partial charge in [-0.05, 0) is 25.7 Å². The Kier molecular flexibility index (Phi) is 15.7. The number of hydrogen-bond acceptors (Lipinski definition) is 5. The summed E-state index contributed by atoms with van der Waals surface area (Å²) < 4.78 is 15.9. The van der Waals surface area contributed by atoms with Crippen LogP contribution < -0.4 is 0 Å². The molecule has 0 aliphatic heterocycles. The van der Waals surface area contributed by atoms with Crippen molar-refractivity contribution < 1.29 is 23.8 Å². The lowest BCUT2D eigenvalue weighted by Gasteiger charge is -2.15. The summed E-state index contributed by atoms with van der Waals surface area (Å²) in [4.78, 5) is 23.9. The standard InChI is InChI=1S/C20H38O5/c1-5-9-17(10-6-2)19(21)24-15-13-23-14-16-25-20(22)18(11-7-3)12-8-4/h17-18H,5-16H2,1-4H3. The topological polar surface area (TPSA) is 61.8 Å². The maximum absolute atomic E-state index is 12.0. The predicted molar refractivity (Wildman–Crippen MR) is 99.3 cm³/mol. The molecule has 0 aromatic carbocycles. The van der Waals surface area contributed by atoms with E-state index in [2.05, 4.69) is 27.7 Å². The molecule has 0 rings (SSSR count). The first kappa shape index (κ1) is 23.9. The smallest absolute Gasteiger partial charge is 0.309 e. The number of esters is 2. The highest BCUT2D eigenvalue weighted by atomic mass is 16.6. The third-order valence-corrected chi connectivity index (χ3v) is 4.16. The summed E-state index contributed by atoms with van der Waals surface area (Å²) in [5.41, 5.74) is 0. The highest BCUT2D eigenvalue weighted by molar-refractivity contribution is 5.72. The van der Waals surface area contributed by atoms with E-state index in [0.717, 1.165) is 51.4 Å². The van der Waals surface area contributed by atoms with E-state index in [1.165, 1.54) is 0 Å². The van der Waals surface area contributed by atoms with Gasteiger partial charge in [-0.3, -0.25) is 9.59 Å². The molecule has 0 unspecified atom stereocenters. The first-order valence-electron chi connectivity index (χ1n) is 10.0. The normalized spacial score (nSPS) is 11.1. The largest absolute Gasteiger partial charge is 0.463 e. The van der Waals surface area contributed by atoms with Gasteiger partial charge in [0.2, 0.25) is 0 Å². The van der Waals surface area contributed by atoms with Gasteiger partial charge in [-0.15, -0.1) is 0 Å². The van der Waals surface area contributed by atoms with Crippen LogP contribution in [0, 0.1) is 11.8 Å². The Morgan fingerprint density at radius 2 is 0.920 bits per heavy atom. The molecule has 0 aliphatic carbocycles. The molecule has 0 heterocycles. The first-order chi connectivity index (χ1) is 12.1. The lowest BCUT2D eigenvalue weighted by molar-refractivity contribution is -0.152. The minimum atomic E-state index is -0.124.